The van der Waals surface area contributed by atoms with Crippen molar-refractivity contribution in [2.75, 3.05) is 44.3 Å². The van der Waals surface area contributed by atoms with Gasteiger partial charge in [-0.3, -0.25) is 9.59 Å². The molecule has 1 aromatic carbocycles. The number of aromatic nitrogens is 2. The summed E-state index contributed by atoms with van der Waals surface area (Å²) in [5.41, 5.74) is 3.53. The number of piperidine rings is 1. The van der Waals surface area contributed by atoms with Crippen LogP contribution in [-0.2, 0) is 16.0 Å². The predicted molar refractivity (Wildman–Crippen MR) is 150 cm³/mol. The Morgan fingerprint density at radius 1 is 1.00 bits per heavy atom. The number of aryl methyl sites for hydroxylation is 1. The third-order valence-electron chi connectivity index (χ3n) is 8.53. The van der Waals surface area contributed by atoms with Crippen molar-refractivity contribution in [2.45, 2.75) is 51.9 Å². The number of aliphatic hydroxyl groups is 1. The Morgan fingerprint density at radius 3 is 2.33 bits per heavy atom. The van der Waals surface area contributed by atoms with Crippen LogP contribution in [0.15, 0.2) is 42.7 Å². The van der Waals surface area contributed by atoms with Gasteiger partial charge in [-0.25, -0.2) is 9.97 Å². The van der Waals surface area contributed by atoms with E-state index in [2.05, 4.69) is 40.0 Å². The molecule has 1 aromatic heterocycles. The summed E-state index contributed by atoms with van der Waals surface area (Å²) in [5, 5.41) is 9.31. The summed E-state index contributed by atoms with van der Waals surface area (Å²) in [6.07, 6.45) is 11.9. The number of amides is 1. The van der Waals surface area contributed by atoms with Gasteiger partial charge in [-0.15, -0.1) is 0 Å². The number of Topliss-reactive ketones (excluding diaryl/α,β-unsaturated/α-hetero) is 1. The molecule has 1 amide bonds. The van der Waals surface area contributed by atoms with Crippen LogP contribution in [0.25, 0.3) is 5.57 Å². The number of hydrogen-bond acceptors (Lipinski definition) is 7. The molecule has 0 saturated carbocycles. The van der Waals surface area contributed by atoms with E-state index in [1.165, 1.54) is 5.57 Å². The van der Waals surface area contributed by atoms with Crippen molar-refractivity contribution in [1.29, 1.82) is 0 Å². The Labute approximate surface area is 231 Å². The Bertz CT molecular complexity index is 1160. The molecule has 39 heavy (non-hydrogen) atoms. The number of allylic oxidation sites excluding steroid dienone is 2. The molecule has 1 N–H and O–H groups in total. The van der Waals surface area contributed by atoms with Crippen molar-refractivity contribution in [3.8, 4) is 5.75 Å². The molecule has 3 heterocycles. The average molecular weight is 533 g/mol. The van der Waals surface area contributed by atoms with Crippen molar-refractivity contribution in [1.82, 2.24) is 14.9 Å². The van der Waals surface area contributed by atoms with Crippen LogP contribution in [0, 0.1) is 17.8 Å². The number of carbonyl (C=O) groups is 2. The number of nitrogens with zero attached hydrogens (tertiary/aromatic N) is 4. The second-order valence-corrected chi connectivity index (χ2v) is 11.2. The highest BCUT2D eigenvalue weighted by molar-refractivity contribution is 6.37. The van der Waals surface area contributed by atoms with E-state index in [-0.39, 0.29) is 30.1 Å². The number of aliphatic hydroxyl groups excluding tert-OH is 1. The molecule has 2 aliphatic heterocycles. The zero-order valence-corrected chi connectivity index (χ0v) is 22.9. The molecule has 3 aliphatic rings. The third-order valence-corrected chi connectivity index (χ3v) is 8.53. The lowest BCUT2D eigenvalue weighted by Gasteiger charge is -2.31. The Kier molecular flexibility index (Phi) is 8.91. The fraction of sp³-hybridized carbons (Fsp3) is 0.548. The topological polar surface area (TPSA) is 95.9 Å². The third kappa shape index (κ3) is 6.67. The van der Waals surface area contributed by atoms with Gasteiger partial charge in [-0.2, -0.15) is 0 Å². The minimum Gasteiger partial charge on any atom is -0.493 e. The van der Waals surface area contributed by atoms with Crippen LogP contribution >= 0.6 is 0 Å². The van der Waals surface area contributed by atoms with Crippen LogP contribution in [0.4, 0.5) is 5.95 Å². The minimum atomic E-state index is -0.376. The number of benzene rings is 1. The number of hydrogen-bond donors (Lipinski definition) is 1. The summed E-state index contributed by atoms with van der Waals surface area (Å²) in [6, 6.07) is 8.24. The van der Waals surface area contributed by atoms with Gasteiger partial charge in [-0.1, -0.05) is 25.1 Å². The Balaban J connectivity index is 1.06. The van der Waals surface area contributed by atoms with Gasteiger partial charge in [0.25, 0.3) is 5.91 Å². The molecule has 8 nitrogen and oxygen atoms in total. The van der Waals surface area contributed by atoms with Gasteiger partial charge in [-0.05, 0) is 79.7 Å². The molecule has 208 valence electrons. The summed E-state index contributed by atoms with van der Waals surface area (Å²) in [4.78, 5) is 38.3. The van der Waals surface area contributed by atoms with Crippen LogP contribution in [0.5, 0.6) is 5.75 Å². The highest BCUT2D eigenvalue weighted by Gasteiger charge is 2.34. The molecule has 1 unspecified atom stereocenters. The maximum Gasteiger partial charge on any atom is 0.290 e. The number of anilines is 1. The molecule has 1 aliphatic carbocycles. The smallest absolute Gasteiger partial charge is 0.290 e. The monoisotopic (exact) mass is 532 g/mol. The van der Waals surface area contributed by atoms with Crippen molar-refractivity contribution in [2.24, 2.45) is 17.8 Å². The van der Waals surface area contributed by atoms with E-state index >= 15 is 0 Å². The lowest BCUT2D eigenvalue weighted by molar-refractivity contribution is -0.146. The lowest BCUT2D eigenvalue weighted by Crippen LogP contribution is -2.38. The molecular formula is C31H40N4O4. The van der Waals surface area contributed by atoms with E-state index < -0.39 is 0 Å². The van der Waals surface area contributed by atoms with Crippen LogP contribution < -0.4 is 9.64 Å². The Hall–Kier alpha value is -3.26. The van der Waals surface area contributed by atoms with E-state index in [9.17, 15) is 14.7 Å². The van der Waals surface area contributed by atoms with Crippen LogP contribution in [-0.4, -0.2) is 71.1 Å². The highest BCUT2D eigenvalue weighted by atomic mass is 16.5. The van der Waals surface area contributed by atoms with E-state index in [0.717, 1.165) is 68.0 Å². The second-order valence-electron chi connectivity index (χ2n) is 11.2. The lowest BCUT2D eigenvalue weighted by atomic mass is 9.84. The standard InChI is InChI=1S/C31H40N4O4/c1-2-22-17-32-31(33-18-22)34-14-11-23(12-15-34)21-39-28-9-7-26(8-10-28)25-3-5-27(6-4-25)29(37)30(38)35-16-13-24(19-35)20-36/h3,7-10,17-18,23-24,27,36H,2,4-6,11-16,19-21H2,1H3/t24-,27?/m0/s1. The largest absolute Gasteiger partial charge is 0.493 e. The molecule has 5 rings (SSSR count). The molecular weight excluding hydrogens is 492 g/mol. The van der Waals surface area contributed by atoms with E-state index in [4.69, 9.17) is 4.74 Å². The fourth-order valence-electron chi connectivity index (χ4n) is 5.80. The van der Waals surface area contributed by atoms with Crippen LogP contribution in [0.2, 0.25) is 0 Å². The summed E-state index contributed by atoms with van der Waals surface area (Å²) < 4.78 is 6.13. The predicted octanol–water partition coefficient (Wildman–Crippen LogP) is 3.93. The van der Waals surface area contributed by atoms with Gasteiger partial charge in [0, 0.05) is 57.0 Å². The van der Waals surface area contributed by atoms with Crippen molar-refractivity contribution < 1.29 is 19.4 Å². The van der Waals surface area contributed by atoms with Gasteiger partial charge in [0.2, 0.25) is 11.7 Å². The zero-order valence-electron chi connectivity index (χ0n) is 22.9. The number of likely N-dealkylation sites (tertiary alicyclic amines) is 1. The SMILES string of the molecule is CCc1cnc(N2CCC(COc3ccc(C4=CCC(C(=O)C(=O)N5CC[C@H](CO)C5)CC4)cc3)CC2)nc1. The van der Waals surface area contributed by atoms with Crippen molar-refractivity contribution >= 4 is 23.2 Å². The first-order valence-electron chi connectivity index (χ1n) is 14.5. The molecule has 0 radical (unpaired) electrons. The van der Waals surface area contributed by atoms with Gasteiger partial charge < -0.3 is 19.6 Å². The average Bonchev–Trinajstić information content (AvgIpc) is 3.49. The number of ketones is 1. The summed E-state index contributed by atoms with van der Waals surface area (Å²) in [7, 11) is 0. The van der Waals surface area contributed by atoms with Crippen LogP contribution in [0.1, 0.15) is 56.6 Å². The highest BCUT2D eigenvalue weighted by Crippen LogP contribution is 2.32. The maximum absolute atomic E-state index is 12.8. The molecule has 2 aromatic rings. The van der Waals surface area contributed by atoms with Crippen LogP contribution in [0.3, 0.4) is 0 Å². The summed E-state index contributed by atoms with van der Waals surface area (Å²) >= 11 is 0. The van der Waals surface area contributed by atoms with E-state index in [1.54, 1.807) is 4.90 Å². The maximum atomic E-state index is 12.8. The van der Waals surface area contributed by atoms with Gasteiger partial charge in [0.1, 0.15) is 5.75 Å². The van der Waals surface area contributed by atoms with Gasteiger partial charge in [0.05, 0.1) is 6.61 Å². The molecule has 0 spiro atoms. The fourth-order valence-corrected chi connectivity index (χ4v) is 5.80. The molecule has 2 saturated heterocycles. The van der Waals surface area contributed by atoms with E-state index in [1.807, 2.05) is 24.5 Å². The minimum absolute atomic E-state index is 0.0705. The number of ether oxygens (including phenoxy) is 1. The molecule has 2 fully saturated rings. The first kappa shape index (κ1) is 27.3. The number of rotatable bonds is 9. The quantitative estimate of drug-likeness (QED) is 0.489. The zero-order chi connectivity index (χ0) is 27.2. The first-order valence-corrected chi connectivity index (χ1v) is 14.5. The Morgan fingerprint density at radius 2 is 1.72 bits per heavy atom. The summed E-state index contributed by atoms with van der Waals surface area (Å²) in [5.74, 6) is 1.42. The van der Waals surface area contributed by atoms with Crippen molar-refractivity contribution in [3.05, 3.63) is 53.9 Å². The summed E-state index contributed by atoms with van der Waals surface area (Å²) in [6.45, 7) is 5.84. The number of carbonyl (C=O) groups excluding carboxylic acids is 2. The first-order chi connectivity index (χ1) is 19.0. The molecule has 8 heteroatoms. The van der Waals surface area contributed by atoms with Gasteiger partial charge in [0.15, 0.2) is 0 Å². The van der Waals surface area contributed by atoms with Crippen molar-refractivity contribution in [3.63, 3.8) is 0 Å². The normalized spacial score (nSPS) is 22.1. The molecule has 0 bridgehead atoms. The van der Waals surface area contributed by atoms with Gasteiger partial charge >= 0.3 is 0 Å². The molecule has 2 atom stereocenters. The van der Waals surface area contributed by atoms with E-state index in [0.29, 0.717) is 38.5 Å². The second kappa shape index (κ2) is 12.7.